The minimum Gasteiger partial charge on any atom is -0.495 e. The molecule has 0 bridgehead atoms. The van der Waals surface area contributed by atoms with Gasteiger partial charge in [-0.15, -0.1) is 0 Å². The first kappa shape index (κ1) is 12.3. The number of nitrogen functional groups attached to an aromatic ring is 1. The van der Waals surface area contributed by atoms with Crippen molar-refractivity contribution < 1.29 is 4.74 Å². The van der Waals surface area contributed by atoms with E-state index in [0.29, 0.717) is 11.6 Å². The van der Waals surface area contributed by atoms with E-state index in [2.05, 4.69) is 21.9 Å². The molecule has 18 heavy (non-hydrogen) atoms. The highest BCUT2D eigenvalue weighted by Gasteiger charge is 2.06. The van der Waals surface area contributed by atoms with Crippen molar-refractivity contribution in [3.05, 3.63) is 30.4 Å². The van der Waals surface area contributed by atoms with Crippen LogP contribution in [0.15, 0.2) is 24.5 Å². The SMILES string of the molecule is CCCc1nc(N)cc(-c2cncc(OC)c2)n1. The van der Waals surface area contributed by atoms with Gasteiger partial charge in [-0.2, -0.15) is 0 Å². The number of ether oxygens (including phenoxy) is 1. The molecule has 0 aliphatic carbocycles. The molecule has 2 N–H and O–H groups in total. The van der Waals surface area contributed by atoms with Gasteiger partial charge in [-0.25, -0.2) is 9.97 Å². The van der Waals surface area contributed by atoms with Crippen LogP contribution in [0.4, 0.5) is 5.82 Å². The quantitative estimate of drug-likeness (QED) is 0.891. The molecule has 5 nitrogen and oxygen atoms in total. The number of aryl methyl sites for hydroxylation is 1. The van der Waals surface area contributed by atoms with E-state index in [9.17, 15) is 0 Å². The molecule has 2 rings (SSSR count). The normalized spacial score (nSPS) is 10.3. The first-order valence-electron chi connectivity index (χ1n) is 5.85. The van der Waals surface area contributed by atoms with Crippen molar-refractivity contribution in [1.29, 1.82) is 0 Å². The molecule has 94 valence electrons. The Hall–Kier alpha value is -2.17. The average Bonchev–Trinajstić information content (AvgIpc) is 2.38. The van der Waals surface area contributed by atoms with Crippen LogP contribution in [0.5, 0.6) is 5.75 Å². The third kappa shape index (κ3) is 2.74. The lowest BCUT2D eigenvalue weighted by Crippen LogP contribution is -2.01. The van der Waals surface area contributed by atoms with Gasteiger partial charge in [0.1, 0.15) is 17.4 Å². The standard InChI is InChI=1S/C13H16N4O/c1-3-4-13-16-11(6-12(14)17-13)9-5-10(18-2)8-15-7-9/h5-8H,3-4H2,1-2H3,(H2,14,16,17). The summed E-state index contributed by atoms with van der Waals surface area (Å²) < 4.78 is 5.15. The van der Waals surface area contributed by atoms with E-state index in [1.54, 1.807) is 25.6 Å². The van der Waals surface area contributed by atoms with E-state index in [-0.39, 0.29) is 0 Å². The second-order valence-corrected chi connectivity index (χ2v) is 3.96. The Labute approximate surface area is 106 Å². The van der Waals surface area contributed by atoms with Crippen molar-refractivity contribution in [2.24, 2.45) is 0 Å². The molecule has 0 atom stereocenters. The van der Waals surface area contributed by atoms with Crippen LogP contribution in [-0.4, -0.2) is 22.1 Å². The van der Waals surface area contributed by atoms with Gasteiger partial charge in [0.25, 0.3) is 0 Å². The number of anilines is 1. The molecule has 0 aliphatic heterocycles. The largest absolute Gasteiger partial charge is 0.495 e. The van der Waals surface area contributed by atoms with E-state index in [0.717, 1.165) is 29.9 Å². The lowest BCUT2D eigenvalue weighted by molar-refractivity contribution is 0.413. The molecule has 0 radical (unpaired) electrons. The fraction of sp³-hybridized carbons (Fsp3) is 0.308. The van der Waals surface area contributed by atoms with Crippen molar-refractivity contribution in [3.8, 4) is 17.0 Å². The fourth-order valence-electron chi connectivity index (χ4n) is 1.67. The number of nitrogens with two attached hydrogens (primary N) is 1. The van der Waals surface area contributed by atoms with E-state index in [4.69, 9.17) is 10.5 Å². The topological polar surface area (TPSA) is 73.9 Å². The van der Waals surface area contributed by atoms with Gasteiger partial charge in [0.15, 0.2) is 0 Å². The number of rotatable bonds is 4. The highest BCUT2D eigenvalue weighted by Crippen LogP contribution is 2.22. The van der Waals surface area contributed by atoms with Crippen LogP contribution < -0.4 is 10.5 Å². The zero-order valence-corrected chi connectivity index (χ0v) is 10.6. The fourth-order valence-corrected chi connectivity index (χ4v) is 1.67. The molecular formula is C13H16N4O. The smallest absolute Gasteiger partial charge is 0.137 e. The summed E-state index contributed by atoms with van der Waals surface area (Å²) in [7, 11) is 1.61. The third-order valence-corrected chi connectivity index (χ3v) is 2.51. The molecule has 0 saturated heterocycles. The molecule has 0 unspecified atom stereocenters. The second kappa shape index (κ2) is 5.44. The van der Waals surface area contributed by atoms with E-state index in [1.807, 2.05) is 6.07 Å². The molecule has 0 amide bonds. The van der Waals surface area contributed by atoms with Crippen molar-refractivity contribution in [2.75, 3.05) is 12.8 Å². The second-order valence-electron chi connectivity index (χ2n) is 3.96. The molecule has 0 aliphatic rings. The zero-order chi connectivity index (χ0) is 13.0. The Bertz CT molecular complexity index is 542. The van der Waals surface area contributed by atoms with Crippen molar-refractivity contribution in [1.82, 2.24) is 15.0 Å². The highest BCUT2D eigenvalue weighted by atomic mass is 16.5. The maximum Gasteiger partial charge on any atom is 0.137 e. The number of aromatic nitrogens is 3. The molecule has 0 aromatic carbocycles. The number of pyridine rings is 1. The molecule has 0 spiro atoms. The number of hydrogen-bond donors (Lipinski definition) is 1. The van der Waals surface area contributed by atoms with Crippen LogP contribution in [0.2, 0.25) is 0 Å². The highest BCUT2D eigenvalue weighted by molar-refractivity contribution is 5.62. The Balaban J connectivity index is 2.42. The number of methoxy groups -OCH3 is 1. The number of hydrogen-bond acceptors (Lipinski definition) is 5. The molecule has 5 heteroatoms. The summed E-state index contributed by atoms with van der Waals surface area (Å²) in [5, 5.41) is 0. The molecule has 0 fully saturated rings. The van der Waals surface area contributed by atoms with Crippen LogP contribution in [0.1, 0.15) is 19.2 Å². The van der Waals surface area contributed by atoms with E-state index < -0.39 is 0 Å². The molecule has 2 heterocycles. The van der Waals surface area contributed by atoms with Crippen molar-refractivity contribution >= 4 is 5.82 Å². The molecular weight excluding hydrogens is 228 g/mol. The maximum atomic E-state index is 5.79. The molecule has 0 saturated carbocycles. The summed E-state index contributed by atoms with van der Waals surface area (Å²) in [5.41, 5.74) is 7.45. The van der Waals surface area contributed by atoms with Crippen LogP contribution in [0.3, 0.4) is 0 Å². The van der Waals surface area contributed by atoms with Gasteiger partial charge in [0.2, 0.25) is 0 Å². The third-order valence-electron chi connectivity index (χ3n) is 2.51. The Morgan fingerprint density at radius 1 is 1.22 bits per heavy atom. The van der Waals surface area contributed by atoms with Gasteiger partial charge in [0, 0.05) is 24.2 Å². The summed E-state index contributed by atoms with van der Waals surface area (Å²) >= 11 is 0. The summed E-state index contributed by atoms with van der Waals surface area (Å²) in [5.74, 6) is 1.93. The van der Waals surface area contributed by atoms with Gasteiger partial charge in [-0.3, -0.25) is 4.98 Å². The van der Waals surface area contributed by atoms with Gasteiger partial charge >= 0.3 is 0 Å². The van der Waals surface area contributed by atoms with Crippen LogP contribution in [-0.2, 0) is 6.42 Å². The lowest BCUT2D eigenvalue weighted by atomic mass is 10.2. The average molecular weight is 244 g/mol. The maximum absolute atomic E-state index is 5.79. The Kier molecular flexibility index (Phi) is 3.72. The summed E-state index contributed by atoms with van der Waals surface area (Å²) in [6.45, 7) is 2.08. The predicted octanol–water partition coefficient (Wildman–Crippen LogP) is 2.08. The lowest BCUT2D eigenvalue weighted by Gasteiger charge is -2.06. The minimum absolute atomic E-state index is 0.478. The van der Waals surface area contributed by atoms with Gasteiger partial charge in [-0.05, 0) is 12.5 Å². The monoisotopic (exact) mass is 244 g/mol. The van der Waals surface area contributed by atoms with Crippen LogP contribution in [0, 0.1) is 0 Å². The summed E-state index contributed by atoms with van der Waals surface area (Å²) in [6, 6.07) is 3.63. The van der Waals surface area contributed by atoms with Crippen LogP contribution >= 0.6 is 0 Å². The summed E-state index contributed by atoms with van der Waals surface area (Å²) in [6.07, 6.45) is 5.19. The predicted molar refractivity (Wildman–Crippen MR) is 70.2 cm³/mol. The van der Waals surface area contributed by atoms with E-state index in [1.165, 1.54) is 0 Å². The minimum atomic E-state index is 0.478. The van der Waals surface area contributed by atoms with Crippen molar-refractivity contribution in [2.45, 2.75) is 19.8 Å². The van der Waals surface area contributed by atoms with Gasteiger partial charge in [0.05, 0.1) is 19.0 Å². The summed E-state index contributed by atoms with van der Waals surface area (Å²) in [4.78, 5) is 12.8. The number of nitrogens with zero attached hydrogens (tertiary/aromatic N) is 3. The Morgan fingerprint density at radius 2 is 2.06 bits per heavy atom. The first-order chi connectivity index (χ1) is 8.72. The first-order valence-corrected chi connectivity index (χ1v) is 5.85. The van der Waals surface area contributed by atoms with E-state index >= 15 is 0 Å². The zero-order valence-electron chi connectivity index (χ0n) is 10.6. The van der Waals surface area contributed by atoms with Gasteiger partial charge in [-0.1, -0.05) is 6.92 Å². The van der Waals surface area contributed by atoms with Crippen molar-refractivity contribution in [3.63, 3.8) is 0 Å². The van der Waals surface area contributed by atoms with Crippen LogP contribution in [0.25, 0.3) is 11.3 Å². The molecule has 2 aromatic heterocycles. The van der Waals surface area contributed by atoms with Gasteiger partial charge < -0.3 is 10.5 Å². The Morgan fingerprint density at radius 3 is 2.78 bits per heavy atom. The molecule has 2 aromatic rings.